The average molecular weight is 325 g/mol. The molecule has 0 spiro atoms. The lowest BCUT2D eigenvalue weighted by Crippen LogP contribution is -2.19. The monoisotopic (exact) mass is 325 g/mol. The Kier molecular flexibility index (Phi) is 3.30. The number of nitrogens with zero attached hydrogens (tertiary/aromatic N) is 3. The highest BCUT2D eigenvalue weighted by Gasteiger charge is 2.30. The number of aromatic amines is 1. The number of amides is 1. The van der Waals surface area contributed by atoms with Crippen LogP contribution in [0.3, 0.4) is 0 Å². The maximum absolute atomic E-state index is 12.1. The first-order chi connectivity index (χ1) is 11.6. The van der Waals surface area contributed by atoms with E-state index in [0.717, 1.165) is 12.8 Å². The minimum atomic E-state index is -0.285. The van der Waals surface area contributed by atoms with Gasteiger partial charge in [0, 0.05) is 23.7 Å². The van der Waals surface area contributed by atoms with Gasteiger partial charge in [-0.2, -0.15) is 9.78 Å². The van der Waals surface area contributed by atoms with Gasteiger partial charge in [-0.3, -0.25) is 14.6 Å². The van der Waals surface area contributed by atoms with Crippen LogP contribution in [0.5, 0.6) is 0 Å². The zero-order valence-corrected chi connectivity index (χ0v) is 12.9. The summed E-state index contributed by atoms with van der Waals surface area (Å²) in [6, 6.07) is 6.61. The van der Waals surface area contributed by atoms with Gasteiger partial charge in [-0.1, -0.05) is 0 Å². The third-order valence-electron chi connectivity index (χ3n) is 3.74. The number of aryl methyl sites for hydroxylation is 1. The quantitative estimate of drug-likeness (QED) is 0.762. The van der Waals surface area contributed by atoms with Crippen LogP contribution in [-0.4, -0.2) is 25.7 Å². The molecule has 0 aliphatic heterocycles. The van der Waals surface area contributed by atoms with Crippen LogP contribution in [-0.2, 0) is 4.79 Å². The molecular formula is C16H15N5O3. The van der Waals surface area contributed by atoms with Crippen molar-refractivity contribution in [3.8, 4) is 17.4 Å². The molecule has 3 heterocycles. The Balaban J connectivity index is 1.80. The summed E-state index contributed by atoms with van der Waals surface area (Å²) in [4.78, 5) is 30.8. The van der Waals surface area contributed by atoms with Gasteiger partial charge < -0.3 is 9.73 Å². The molecule has 24 heavy (non-hydrogen) atoms. The molecule has 3 aromatic heterocycles. The van der Waals surface area contributed by atoms with Crippen LogP contribution in [0.15, 0.2) is 39.7 Å². The minimum absolute atomic E-state index is 0.0462. The summed E-state index contributed by atoms with van der Waals surface area (Å²) in [5.41, 5.74) is 0.811. The average Bonchev–Trinajstić information content (AvgIpc) is 3.08. The Morgan fingerprint density at radius 2 is 2.25 bits per heavy atom. The van der Waals surface area contributed by atoms with Crippen molar-refractivity contribution in [2.75, 3.05) is 5.32 Å². The first kappa shape index (κ1) is 14.4. The highest BCUT2D eigenvalue weighted by atomic mass is 16.3. The summed E-state index contributed by atoms with van der Waals surface area (Å²) in [6.07, 6.45) is 3.33. The van der Waals surface area contributed by atoms with E-state index in [1.54, 1.807) is 31.4 Å². The van der Waals surface area contributed by atoms with Gasteiger partial charge in [0.25, 0.3) is 5.56 Å². The molecule has 0 aromatic carbocycles. The number of hydrogen-bond donors (Lipinski definition) is 2. The predicted molar refractivity (Wildman–Crippen MR) is 85.8 cm³/mol. The molecule has 8 heteroatoms. The number of aromatic nitrogens is 4. The summed E-state index contributed by atoms with van der Waals surface area (Å²) in [7, 11) is 0. The topological polar surface area (TPSA) is 106 Å². The summed E-state index contributed by atoms with van der Waals surface area (Å²) < 4.78 is 6.76. The second-order valence-electron chi connectivity index (χ2n) is 5.78. The van der Waals surface area contributed by atoms with E-state index in [2.05, 4.69) is 20.4 Å². The van der Waals surface area contributed by atoms with Crippen molar-refractivity contribution in [3.63, 3.8) is 0 Å². The van der Waals surface area contributed by atoms with E-state index in [1.807, 2.05) is 0 Å². The molecule has 1 aliphatic rings. The van der Waals surface area contributed by atoms with E-state index < -0.39 is 0 Å². The number of H-pyrrole nitrogens is 1. The number of hydrogen-bond acceptors (Lipinski definition) is 5. The third kappa shape index (κ3) is 2.73. The normalized spacial score (nSPS) is 13.9. The Labute approximate surface area is 136 Å². The number of anilines is 1. The van der Waals surface area contributed by atoms with E-state index in [0.29, 0.717) is 23.0 Å². The molecule has 0 saturated heterocycles. The summed E-state index contributed by atoms with van der Waals surface area (Å²) in [5, 5.41) is 7.26. The molecule has 1 saturated carbocycles. The van der Waals surface area contributed by atoms with Crippen molar-refractivity contribution in [1.29, 1.82) is 0 Å². The second-order valence-corrected chi connectivity index (χ2v) is 5.78. The molecule has 0 atom stereocenters. The molecule has 1 fully saturated rings. The van der Waals surface area contributed by atoms with E-state index in [4.69, 9.17) is 4.42 Å². The van der Waals surface area contributed by atoms with Gasteiger partial charge in [0.05, 0.1) is 6.26 Å². The van der Waals surface area contributed by atoms with E-state index >= 15 is 0 Å². The maximum atomic E-state index is 12.1. The number of nitrogens with one attached hydrogen (secondary N) is 2. The molecule has 8 nitrogen and oxygen atoms in total. The highest BCUT2D eigenvalue weighted by Crippen LogP contribution is 2.31. The van der Waals surface area contributed by atoms with Crippen LogP contribution in [0.4, 0.5) is 5.82 Å². The van der Waals surface area contributed by atoms with Crippen molar-refractivity contribution in [3.05, 3.63) is 46.6 Å². The molecule has 0 unspecified atom stereocenters. The first-order valence-electron chi connectivity index (χ1n) is 7.63. The van der Waals surface area contributed by atoms with Crippen molar-refractivity contribution < 1.29 is 9.21 Å². The molecule has 2 N–H and O–H groups in total. The lowest BCUT2D eigenvalue weighted by atomic mass is 10.3. The lowest BCUT2D eigenvalue weighted by Gasteiger charge is -2.07. The number of carbonyl (C=O) groups excluding carboxylic acids is 1. The van der Waals surface area contributed by atoms with Crippen LogP contribution >= 0.6 is 0 Å². The zero-order valence-electron chi connectivity index (χ0n) is 12.9. The Hall–Kier alpha value is -3.16. The number of rotatable bonds is 4. The molecule has 0 radical (unpaired) electrons. The largest absolute Gasteiger partial charge is 0.463 e. The first-order valence-corrected chi connectivity index (χ1v) is 7.63. The Bertz CT molecular complexity index is 951. The van der Waals surface area contributed by atoms with Crippen LogP contribution in [0.1, 0.15) is 18.5 Å². The SMILES string of the molecule is Cc1cc(=O)[nH]c(-n2nc(-c3ccco3)cc2NC(=O)C2CC2)n1. The molecular weight excluding hydrogens is 310 g/mol. The third-order valence-corrected chi connectivity index (χ3v) is 3.74. The van der Waals surface area contributed by atoms with Crippen LogP contribution in [0.25, 0.3) is 17.4 Å². The van der Waals surface area contributed by atoms with Crippen LogP contribution in [0.2, 0.25) is 0 Å². The van der Waals surface area contributed by atoms with Crippen molar-refractivity contribution in [1.82, 2.24) is 19.7 Å². The summed E-state index contributed by atoms with van der Waals surface area (Å²) in [6.45, 7) is 1.72. The number of furan rings is 1. The van der Waals surface area contributed by atoms with Crippen LogP contribution < -0.4 is 10.9 Å². The smallest absolute Gasteiger partial charge is 0.252 e. The standard InChI is InChI=1S/C16H15N5O3/c1-9-7-14(22)19-16(17-9)21-13(18-15(23)10-4-5-10)8-11(20-21)12-3-2-6-24-12/h2-3,6-8,10H,4-5H2,1H3,(H,18,23)(H,17,19,22). The van der Waals surface area contributed by atoms with Crippen molar-refractivity contribution in [2.24, 2.45) is 5.92 Å². The van der Waals surface area contributed by atoms with E-state index in [1.165, 1.54) is 10.7 Å². The molecule has 122 valence electrons. The van der Waals surface area contributed by atoms with Crippen molar-refractivity contribution >= 4 is 11.7 Å². The molecule has 3 aromatic rings. The fraction of sp³-hybridized carbons (Fsp3) is 0.250. The molecule has 0 bridgehead atoms. The van der Waals surface area contributed by atoms with E-state index in [-0.39, 0.29) is 23.3 Å². The van der Waals surface area contributed by atoms with Gasteiger partial charge in [0.15, 0.2) is 5.76 Å². The van der Waals surface area contributed by atoms with Crippen LogP contribution in [0, 0.1) is 12.8 Å². The molecule has 1 aliphatic carbocycles. The Morgan fingerprint density at radius 1 is 1.42 bits per heavy atom. The van der Waals surface area contributed by atoms with Gasteiger partial charge in [0.2, 0.25) is 11.9 Å². The molecule has 1 amide bonds. The van der Waals surface area contributed by atoms with Gasteiger partial charge >= 0.3 is 0 Å². The molecule has 4 rings (SSSR count). The second kappa shape index (κ2) is 5.48. The fourth-order valence-corrected chi connectivity index (χ4v) is 2.41. The fourth-order valence-electron chi connectivity index (χ4n) is 2.41. The van der Waals surface area contributed by atoms with Gasteiger partial charge in [-0.15, -0.1) is 0 Å². The van der Waals surface area contributed by atoms with Gasteiger partial charge in [0.1, 0.15) is 11.5 Å². The van der Waals surface area contributed by atoms with Gasteiger partial charge in [-0.05, 0) is 31.9 Å². The van der Waals surface area contributed by atoms with E-state index in [9.17, 15) is 9.59 Å². The maximum Gasteiger partial charge on any atom is 0.252 e. The number of carbonyl (C=O) groups is 1. The lowest BCUT2D eigenvalue weighted by molar-refractivity contribution is -0.117. The minimum Gasteiger partial charge on any atom is -0.463 e. The highest BCUT2D eigenvalue weighted by molar-refractivity contribution is 5.93. The Morgan fingerprint density at radius 3 is 2.92 bits per heavy atom. The van der Waals surface area contributed by atoms with Gasteiger partial charge in [-0.25, -0.2) is 4.98 Å². The zero-order chi connectivity index (χ0) is 16.7. The summed E-state index contributed by atoms with van der Waals surface area (Å²) >= 11 is 0. The summed E-state index contributed by atoms with van der Waals surface area (Å²) in [5.74, 6) is 1.23. The van der Waals surface area contributed by atoms with Crippen molar-refractivity contribution in [2.45, 2.75) is 19.8 Å². The predicted octanol–water partition coefficient (Wildman–Crippen LogP) is 1.87.